The molecule has 186 valence electrons. The van der Waals surface area contributed by atoms with Gasteiger partial charge in [-0.1, -0.05) is 36.8 Å². The summed E-state index contributed by atoms with van der Waals surface area (Å²) in [6.45, 7) is 7.41. The molecule has 3 rings (SSSR count). The lowest BCUT2D eigenvalue weighted by Gasteiger charge is -2.14. The van der Waals surface area contributed by atoms with Gasteiger partial charge < -0.3 is 19.5 Å². The second kappa shape index (κ2) is 13.4. The van der Waals surface area contributed by atoms with Crippen LogP contribution in [0.1, 0.15) is 37.0 Å². The van der Waals surface area contributed by atoms with Crippen LogP contribution in [0.3, 0.4) is 0 Å². The van der Waals surface area contributed by atoms with E-state index in [9.17, 15) is 10.1 Å². The summed E-state index contributed by atoms with van der Waals surface area (Å²) >= 11 is 3.51. The fraction of sp³-hybridized carbons (Fsp3) is 0.241. The third kappa shape index (κ3) is 7.62. The smallest absolute Gasteiger partial charge is 0.266 e. The van der Waals surface area contributed by atoms with Crippen LogP contribution in [0, 0.1) is 18.3 Å². The monoisotopic (exact) mass is 548 g/mol. The molecule has 0 radical (unpaired) electrons. The second-order valence-corrected chi connectivity index (χ2v) is 8.89. The lowest BCUT2D eigenvalue weighted by Crippen LogP contribution is -2.13. The summed E-state index contributed by atoms with van der Waals surface area (Å²) in [6, 6.07) is 20.7. The van der Waals surface area contributed by atoms with E-state index in [2.05, 4.69) is 21.2 Å². The number of carbonyl (C=O) groups excluding carboxylic acids is 1. The zero-order chi connectivity index (χ0) is 25.9. The topological polar surface area (TPSA) is 80.6 Å². The van der Waals surface area contributed by atoms with Crippen molar-refractivity contribution in [3.05, 3.63) is 87.4 Å². The zero-order valence-electron chi connectivity index (χ0n) is 20.6. The summed E-state index contributed by atoms with van der Waals surface area (Å²) in [5.74, 6) is 1.32. The lowest BCUT2D eigenvalue weighted by molar-refractivity contribution is -0.112. The van der Waals surface area contributed by atoms with E-state index < -0.39 is 5.91 Å². The normalized spacial score (nSPS) is 10.9. The third-order valence-electron chi connectivity index (χ3n) is 5.10. The van der Waals surface area contributed by atoms with Crippen molar-refractivity contribution in [1.29, 1.82) is 5.26 Å². The SMILES string of the molecule is CCCOc1c(Br)cc(/C=C(\C#N)C(=O)Nc2ccc(OCc3ccc(C)cc3)cc2)cc1OCC. The van der Waals surface area contributed by atoms with Crippen LogP contribution in [0.15, 0.2) is 70.7 Å². The molecule has 36 heavy (non-hydrogen) atoms. The highest BCUT2D eigenvalue weighted by Gasteiger charge is 2.14. The molecule has 0 aliphatic heterocycles. The number of hydrogen-bond donors (Lipinski definition) is 1. The van der Waals surface area contributed by atoms with E-state index in [1.807, 2.05) is 51.1 Å². The summed E-state index contributed by atoms with van der Waals surface area (Å²) in [5, 5.41) is 12.4. The Hall–Kier alpha value is -3.76. The zero-order valence-corrected chi connectivity index (χ0v) is 22.2. The van der Waals surface area contributed by atoms with Gasteiger partial charge in [-0.3, -0.25) is 4.79 Å². The van der Waals surface area contributed by atoms with E-state index in [0.717, 1.165) is 12.0 Å². The molecule has 0 heterocycles. The molecule has 3 aromatic rings. The number of aryl methyl sites for hydroxylation is 1. The molecule has 1 amide bonds. The van der Waals surface area contributed by atoms with Crippen LogP contribution in [-0.2, 0) is 11.4 Å². The van der Waals surface area contributed by atoms with Crippen LogP contribution in [0.5, 0.6) is 17.2 Å². The number of halogens is 1. The maximum atomic E-state index is 12.8. The molecule has 0 fully saturated rings. The minimum Gasteiger partial charge on any atom is -0.490 e. The molecule has 7 heteroatoms. The molecule has 0 saturated heterocycles. The third-order valence-corrected chi connectivity index (χ3v) is 5.69. The number of hydrogen-bond acceptors (Lipinski definition) is 5. The number of carbonyl (C=O) groups is 1. The van der Waals surface area contributed by atoms with E-state index >= 15 is 0 Å². The summed E-state index contributed by atoms with van der Waals surface area (Å²) in [4.78, 5) is 12.8. The van der Waals surface area contributed by atoms with E-state index in [4.69, 9.17) is 14.2 Å². The maximum Gasteiger partial charge on any atom is 0.266 e. The van der Waals surface area contributed by atoms with Gasteiger partial charge in [-0.15, -0.1) is 0 Å². The van der Waals surface area contributed by atoms with Crippen molar-refractivity contribution < 1.29 is 19.0 Å². The van der Waals surface area contributed by atoms with Crippen LogP contribution in [0.25, 0.3) is 6.08 Å². The number of nitrogens with one attached hydrogen (secondary N) is 1. The van der Waals surface area contributed by atoms with Crippen LogP contribution < -0.4 is 19.5 Å². The standard InChI is InChI=1S/C29H29BrN2O4/c1-4-14-35-28-26(30)16-22(17-27(28)34-5-2)15-23(18-31)29(33)32-24-10-12-25(13-11-24)36-19-21-8-6-20(3)7-9-21/h6-13,15-17H,4-5,14,19H2,1-3H3,(H,32,33)/b23-15+. The van der Waals surface area contributed by atoms with E-state index in [-0.39, 0.29) is 5.57 Å². The van der Waals surface area contributed by atoms with Crippen molar-refractivity contribution >= 4 is 33.6 Å². The van der Waals surface area contributed by atoms with Gasteiger partial charge in [0.2, 0.25) is 0 Å². The van der Waals surface area contributed by atoms with E-state index in [1.54, 1.807) is 36.4 Å². The fourth-order valence-electron chi connectivity index (χ4n) is 3.28. The van der Waals surface area contributed by atoms with Crippen molar-refractivity contribution in [2.45, 2.75) is 33.8 Å². The van der Waals surface area contributed by atoms with Crippen molar-refractivity contribution in [2.24, 2.45) is 0 Å². The van der Waals surface area contributed by atoms with E-state index in [1.165, 1.54) is 11.6 Å². The molecule has 0 unspecified atom stereocenters. The van der Waals surface area contributed by atoms with E-state index in [0.29, 0.717) is 52.8 Å². The second-order valence-electron chi connectivity index (χ2n) is 8.03. The van der Waals surface area contributed by atoms with Crippen LogP contribution >= 0.6 is 15.9 Å². The molecule has 0 saturated carbocycles. The molecule has 0 aliphatic rings. The molecule has 0 atom stereocenters. The first-order chi connectivity index (χ1) is 17.4. The van der Waals surface area contributed by atoms with Crippen LogP contribution in [0.2, 0.25) is 0 Å². The summed E-state index contributed by atoms with van der Waals surface area (Å²) in [5.41, 5.74) is 3.44. The summed E-state index contributed by atoms with van der Waals surface area (Å²) in [7, 11) is 0. The molecule has 3 aromatic carbocycles. The number of anilines is 1. The number of rotatable bonds is 11. The van der Waals surface area contributed by atoms with Crippen LogP contribution in [0.4, 0.5) is 5.69 Å². The lowest BCUT2D eigenvalue weighted by atomic mass is 10.1. The summed E-state index contributed by atoms with van der Waals surface area (Å²) in [6.07, 6.45) is 2.38. The largest absolute Gasteiger partial charge is 0.490 e. The van der Waals surface area contributed by atoms with Crippen molar-refractivity contribution in [1.82, 2.24) is 0 Å². The average molecular weight is 549 g/mol. The molecule has 0 bridgehead atoms. The first kappa shape index (κ1) is 26.8. The Labute approximate surface area is 220 Å². The minimum atomic E-state index is -0.508. The highest BCUT2D eigenvalue weighted by atomic mass is 79.9. The molecular weight excluding hydrogens is 520 g/mol. The summed E-state index contributed by atoms with van der Waals surface area (Å²) < 4.78 is 18.0. The maximum absolute atomic E-state index is 12.8. The van der Waals surface area contributed by atoms with Gasteiger partial charge in [0.05, 0.1) is 17.7 Å². The van der Waals surface area contributed by atoms with Crippen molar-refractivity contribution in [3.63, 3.8) is 0 Å². The van der Waals surface area contributed by atoms with Gasteiger partial charge in [0.1, 0.15) is 24.0 Å². The molecule has 0 aliphatic carbocycles. The van der Waals surface area contributed by atoms with Gasteiger partial charge in [0.15, 0.2) is 11.5 Å². The van der Waals surface area contributed by atoms with Gasteiger partial charge >= 0.3 is 0 Å². The molecule has 0 spiro atoms. The highest BCUT2D eigenvalue weighted by Crippen LogP contribution is 2.37. The molecule has 1 N–H and O–H groups in total. The van der Waals surface area contributed by atoms with Gasteiger partial charge in [0, 0.05) is 5.69 Å². The van der Waals surface area contributed by atoms with Gasteiger partial charge in [-0.2, -0.15) is 5.26 Å². The Kier molecular flexibility index (Phi) is 9.96. The Bertz CT molecular complexity index is 1250. The number of benzene rings is 3. The Balaban J connectivity index is 1.69. The molecule has 6 nitrogen and oxygen atoms in total. The van der Waals surface area contributed by atoms with Crippen LogP contribution in [-0.4, -0.2) is 19.1 Å². The first-order valence-electron chi connectivity index (χ1n) is 11.7. The fourth-order valence-corrected chi connectivity index (χ4v) is 3.85. The van der Waals surface area contributed by atoms with Crippen molar-refractivity contribution in [2.75, 3.05) is 18.5 Å². The van der Waals surface area contributed by atoms with Gasteiger partial charge in [0.25, 0.3) is 5.91 Å². The number of nitriles is 1. The highest BCUT2D eigenvalue weighted by molar-refractivity contribution is 9.10. The Morgan fingerprint density at radius 3 is 2.39 bits per heavy atom. The number of amides is 1. The predicted octanol–water partition coefficient (Wildman–Crippen LogP) is 7.07. The average Bonchev–Trinajstić information content (AvgIpc) is 2.87. The number of nitrogens with zero attached hydrogens (tertiary/aromatic N) is 1. The Morgan fingerprint density at radius 2 is 1.75 bits per heavy atom. The minimum absolute atomic E-state index is 0.0359. The Morgan fingerprint density at radius 1 is 1.03 bits per heavy atom. The van der Waals surface area contributed by atoms with Crippen molar-refractivity contribution in [3.8, 4) is 23.3 Å². The molecule has 0 aromatic heterocycles. The quantitative estimate of drug-likeness (QED) is 0.204. The van der Waals surface area contributed by atoms with Gasteiger partial charge in [-0.25, -0.2) is 0 Å². The first-order valence-corrected chi connectivity index (χ1v) is 12.5. The number of ether oxygens (including phenoxy) is 3. The van der Waals surface area contributed by atoms with Gasteiger partial charge in [-0.05, 0) is 89.8 Å². The molecular formula is C29H29BrN2O4. The predicted molar refractivity (Wildman–Crippen MR) is 145 cm³/mol.